The van der Waals surface area contributed by atoms with Gasteiger partial charge in [0.1, 0.15) is 28.9 Å². The molecule has 0 bridgehead atoms. The van der Waals surface area contributed by atoms with E-state index in [2.05, 4.69) is 0 Å². The molecular weight excluding hydrogens is 332 g/mol. The SMILES string of the molecule is COc1cc(O)c2c(c1C=CC(C)(C)O)O[C@H](c1ccccc1)CC2=O. The van der Waals surface area contributed by atoms with Crippen molar-refractivity contribution in [2.45, 2.75) is 32.0 Å². The summed E-state index contributed by atoms with van der Waals surface area (Å²) in [6.45, 7) is 3.28. The molecule has 2 aromatic carbocycles. The normalized spacial score (nSPS) is 17.1. The van der Waals surface area contributed by atoms with Crippen LogP contribution >= 0.6 is 0 Å². The topological polar surface area (TPSA) is 76.0 Å². The highest BCUT2D eigenvalue weighted by Gasteiger charge is 2.33. The second-order valence-electron chi connectivity index (χ2n) is 6.85. The highest BCUT2D eigenvalue weighted by atomic mass is 16.5. The van der Waals surface area contributed by atoms with E-state index in [1.165, 1.54) is 13.2 Å². The van der Waals surface area contributed by atoms with Crippen LogP contribution in [-0.2, 0) is 0 Å². The Bertz CT molecular complexity index is 847. The maximum Gasteiger partial charge on any atom is 0.174 e. The van der Waals surface area contributed by atoms with Crippen molar-refractivity contribution in [1.82, 2.24) is 0 Å². The van der Waals surface area contributed by atoms with Crippen molar-refractivity contribution in [2.24, 2.45) is 0 Å². The van der Waals surface area contributed by atoms with Gasteiger partial charge in [-0.05, 0) is 25.5 Å². The Morgan fingerprint density at radius 3 is 2.58 bits per heavy atom. The van der Waals surface area contributed by atoms with E-state index >= 15 is 0 Å². The molecule has 1 aliphatic heterocycles. The number of hydrogen-bond acceptors (Lipinski definition) is 5. The van der Waals surface area contributed by atoms with Crippen LogP contribution in [0.4, 0.5) is 0 Å². The molecule has 1 heterocycles. The lowest BCUT2D eigenvalue weighted by atomic mass is 9.92. The molecule has 136 valence electrons. The van der Waals surface area contributed by atoms with Crippen LogP contribution in [0.1, 0.15) is 47.9 Å². The van der Waals surface area contributed by atoms with E-state index in [1.807, 2.05) is 30.3 Å². The van der Waals surface area contributed by atoms with Crippen LogP contribution in [0.25, 0.3) is 6.08 Å². The first kappa shape index (κ1) is 18.0. The van der Waals surface area contributed by atoms with E-state index in [1.54, 1.807) is 26.0 Å². The van der Waals surface area contributed by atoms with Crippen molar-refractivity contribution in [2.75, 3.05) is 7.11 Å². The first-order valence-electron chi connectivity index (χ1n) is 8.40. The Hall–Kier alpha value is -2.79. The van der Waals surface area contributed by atoms with E-state index in [0.717, 1.165) is 5.56 Å². The monoisotopic (exact) mass is 354 g/mol. The Kier molecular flexibility index (Phi) is 4.74. The van der Waals surface area contributed by atoms with Gasteiger partial charge in [-0.3, -0.25) is 4.79 Å². The molecule has 2 N–H and O–H groups in total. The van der Waals surface area contributed by atoms with Gasteiger partial charge < -0.3 is 19.7 Å². The molecule has 3 rings (SSSR count). The molecule has 5 heteroatoms. The molecule has 1 aliphatic rings. The number of aliphatic hydroxyl groups is 1. The average Bonchev–Trinajstić information content (AvgIpc) is 2.60. The van der Waals surface area contributed by atoms with Crippen molar-refractivity contribution in [3.05, 3.63) is 59.2 Å². The van der Waals surface area contributed by atoms with E-state index in [0.29, 0.717) is 11.3 Å². The zero-order valence-corrected chi connectivity index (χ0v) is 15.0. The van der Waals surface area contributed by atoms with Crippen molar-refractivity contribution in [1.29, 1.82) is 0 Å². The van der Waals surface area contributed by atoms with Gasteiger partial charge >= 0.3 is 0 Å². The molecule has 0 aliphatic carbocycles. The first-order valence-corrected chi connectivity index (χ1v) is 8.40. The van der Waals surface area contributed by atoms with Crippen LogP contribution in [0.5, 0.6) is 17.2 Å². The smallest absolute Gasteiger partial charge is 0.174 e. The summed E-state index contributed by atoms with van der Waals surface area (Å²) in [5.74, 6) is 0.266. The Balaban J connectivity index is 2.14. The lowest BCUT2D eigenvalue weighted by Crippen LogP contribution is -2.21. The lowest BCUT2D eigenvalue weighted by molar-refractivity contribution is 0.0844. The number of phenolic OH excluding ortho intramolecular Hbond substituents is 1. The number of carbonyl (C=O) groups is 1. The number of Topliss-reactive ketones (excluding diaryl/α,β-unsaturated/α-hetero) is 1. The van der Waals surface area contributed by atoms with Gasteiger partial charge in [0.15, 0.2) is 5.78 Å². The third-order valence-corrected chi connectivity index (χ3v) is 4.22. The molecular formula is C21H22O5. The van der Waals surface area contributed by atoms with Gasteiger partial charge in [0, 0.05) is 6.07 Å². The zero-order valence-electron chi connectivity index (χ0n) is 15.0. The summed E-state index contributed by atoms with van der Waals surface area (Å²) in [5, 5.41) is 20.3. The van der Waals surface area contributed by atoms with Crippen LogP contribution in [0.3, 0.4) is 0 Å². The summed E-state index contributed by atoms with van der Waals surface area (Å²) in [6, 6.07) is 10.9. The number of methoxy groups -OCH3 is 1. The number of carbonyl (C=O) groups excluding carboxylic acids is 1. The first-order chi connectivity index (χ1) is 12.3. The van der Waals surface area contributed by atoms with Crippen molar-refractivity contribution < 1.29 is 24.5 Å². The predicted molar refractivity (Wildman–Crippen MR) is 98.7 cm³/mol. The molecule has 0 fully saturated rings. The van der Waals surface area contributed by atoms with Crippen LogP contribution in [-0.4, -0.2) is 28.7 Å². The molecule has 5 nitrogen and oxygen atoms in total. The van der Waals surface area contributed by atoms with E-state index in [4.69, 9.17) is 9.47 Å². The minimum Gasteiger partial charge on any atom is -0.507 e. The summed E-state index contributed by atoms with van der Waals surface area (Å²) in [7, 11) is 1.47. The van der Waals surface area contributed by atoms with Gasteiger partial charge in [0.05, 0.1) is 24.7 Å². The van der Waals surface area contributed by atoms with Crippen LogP contribution in [0, 0.1) is 0 Å². The molecule has 0 aromatic heterocycles. The summed E-state index contributed by atoms with van der Waals surface area (Å²) >= 11 is 0. The number of phenols is 1. The Morgan fingerprint density at radius 1 is 1.27 bits per heavy atom. The molecule has 0 saturated heterocycles. The largest absolute Gasteiger partial charge is 0.507 e. The van der Waals surface area contributed by atoms with E-state index in [9.17, 15) is 15.0 Å². The van der Waals surface area contributed by atoms with Gasteiger partial charge in [-0.25, -0.2) is 0 Å². The number of hydrogen-bond donors (Lipinski definition) is 2. The molecule has 26 heavy (non-hydrogen) atoms. The Morgan fingerprint density at radius 2 is 1.96 bits per heavy atom. The number of fused-ring (bicyclic) bond motifs is 1. The van der Waals surface area contributed by atoms with Crippen LogP contribution in [0.15, 0.2) is 42.5 Å². The summed E-state index contributed by atoms with van der Waals surface area (Å²) < 4.78 is 11.5. The molecule has 2 aromatic rings. The third kappa shape index (κ3) is 3.58. The van der Waals surface area contributed by atoms with Gasteiger partial charge in [-0.1, -0.05) is 36.4 Å². The average molecular weight is 354 g/mol. The highest BCUT2D eigenvalue weighted by Crippen LogP contribution is 2.46. The van der Waals surface area contributed by atoms with Crippen molar-refractivity contribution >= 4 is 11.9 Å². The predicted octanol–water partition coefficient (Wildman–Crippen LogP) is 3.89. The highest BCUT2D eigenvalue weighted by molar-refractivity contribution is 6.04. The van der Waals surface area contributed by atoms with Crippen LogP contribution in [0.2, 0.25) is 0 Å². The number of benzene rings is 2. The van der Waals surface area contributed by atoms with Gasteiger partial charge in [0.2, 0.25) is 0 Å². The zero-order chi connectivity index (χ0) is 18.9. The molecule has 0 saturated carbocycles. The minimum absolute atomic E-state index is 0.144. The van der Waals surface area contributed by atoms with Gasteiger partial charge in [-0.15, -0.1) is 0 Å². The van der Waals surface area contributed by atoms with Gasteiger partial charge in [-0.2, -0.15) is 0 Å². The third-order valence-electron chi connectivity index (χ3n) is 4.22. The molecule has 1 atom stereocenters. The molecule has 0 unspecified atom stereocenters. The number of ketones is 1. The van der Waals surface area contributed by atoms with Crippen molar-refractivity contribution in [3.63, 3.8) is 0 Å². The maximum absolute atomic E-state index is 12.7. The molecule has 0 amide bonds. The number of aromatic hydroxyl groups is 1. The quantitative estimate of drug-likeness (QED) is 0.871. The van der Waals surface area contributed by atoms with E-state index < -0.39 is 11.7 Å². The fourth-order valence-electron chi connectivity index (χ4n) is 2.95. The summed E-state index contributed by atoms with van der Waals surface area (Å²) in [5.41, 5.74) is 0.490. The number of ether oxygens (including phenoxy) is 2. The fraction of sp³-hybridized carbons (Fsp3) is 0.286. The molecule has 0 radical (unpaired) electrons. The lowest BCUT2D eigenvalue weighted by Gasteiger charge is -2.28. The van der Waals surface area contributed by atoms with Gasteiger partial charge in [0.25, 0.3) is 0 Å². The fourth-order valence-corrected chi connectivity index (χ4v) is 2.95. The second kappa shape index (κ2) is 6.84. The van der Waals surface area contributed by atoms with Crippen LogP contribution < -0.4 is 9.47 Å². The Labute approximate surface area is 152 Å². The number of rotatable bonds is 4. The summed E-state index contributed by atoms with van der Waals surface area (Å²) in [6.07, 6.45) is 2.93. The van der Waals surface area contributed by atoms with Crippen molar-refractivity contribution in [3.8, 4) is 17.2 Å². The standard InChI is InChI=1S/C21H22O5/c1-21(2,24)10-9-14-18(25-3)12-16(23)19-15(22)11-17(26-20(14)19)13-7-5-4-6-8-13/h4-10,12,17,23-24H,11H2,1-3H3/t17-/m0/s1. The maximum atomic E-state index is 12.7. The minimum atomic E-state index is -1.05. The summed E-state index contributed by atoms with van der Waals surface area (Å²) in [4.78, 5) is 12.7. The second-order valence-corrected chi connectivity index (χ2v) is 6.85. The molecule has 0 spiro atoms. The van der Waals surface area contributed by atoms with E-state index in [-0.39, 0.29) is 29.3 Å².